The Morgan fingerprint density at radius 3 is 2.61 bits per heavy atom. The second kappa shape index (κ2) is 7.40. The number of benzene rings is 1. The molecule has 1 aliphatic rings. The average molecular weight is 343 g/mol. The van der Waals surface area contributed by atoms with Crippen molar-refractivity contribution in [3.05, 3.63) is 24.3 Å². The molecule has 0 saturated carbocycles. The molecule has 2 rings (SSSR count). The quantitative estimate of drug-likeness (QED) is 0.889. The van der Waals surface area contributed by atoms with Crippen molar-refractivity contribution in [2.24, 2.45) is 4.99 Å². The van der Waals surface area contributed by atoms with Gasteiger partial charge < -0.3 is 10.1 Å². The summed E-state index contributed by atoms with van der Waals surface area (Å²) >= 11 is 1.24. The van der Waals surface area contributed by atoms with Crippen LogP contribution < -0.4 is 10.1 Å². The standard InChI is InChI=1S/C14H15F2N3O3S/c1-17-14-19(2)12(21)10(23-14)7-11(20)18-8-3-5-9(6-4-8)22-13(15)16/h3-6,10,13H,7H2,1-2H3,(H,18,20)/t10-/m0/s1. The number of nitrogens with zero attached hydrogens (tertiary/aromatic N) is 2. The van der Waals surface area contributed by atoms with E-state index in [-0.39, 0.29) is 24.0 Å². The Hall–Kier alpha value is -2.16. The van der Waals surface area contributed by atoms with Gasteiger partial charge in [-0.2, -0.15) is 8.78 Å². The van der Waals surface area contributed by atoms with Gasteiger partial charge in [-0.05, 0) is 24.3 Å². The first-order valence-corrected chi connectivity index (χ1v) is 7.54. The number of ether oxygens (including phenoxy) is 1. The molecule has 6 nitrogen and oxygen atoms in total. The molecule has 1 N–H and O–H groups in total. The molecule has 23 heavy (non-hydrogen) atoms. The highest BCUT2D eigenvalue weighted by Gasteiger charge is 2.36. The third-order valence-corrected chi connectivity index (χ3v) is 4.39. The molecule has 1 aromatic rings. The molecule has 1 aromatic carbocycles. The van der Waals surface area contributed by atoms with Gasteiger partial charge in [-0.25, -0.2) is 0 Å². The number of carbonyl (C=O) groups excluding carboxylic acids is 2. The minimum atomic E-state index is -2.90. The van der Waals surface area contributed by atoms with Gasteiger partial charge in [0.25, 0.3) is 0 Å². The van der Waals surface area contributed by atoms with Gasteiger partial charge in [0.1, 0.15) is 11.0 Å². The molecule has 1 fully saturated rings. The number of amides is 2. The SMILES string of the molecule is CN=C1S[C@@H](CC(=O)Nc2ccc(OC(F)F)cc2)C(=O)N1C. The van der Waals surface area contributed by atoms with Gasteiger partial charge in [-0.15, -0.1) is 0 Å². The normalized spacial score (nSPS) is 19.5. The summed E-state index contributed by atoms with van der Waals surface area (Å²) in [5.41, 5.74) is 0.435. The molecule has 9 heteroatoms. The minimum Gasteiger partial charge on any atom is -0.435 e. The van der Waals surface area contributed by atoms with Gasteiger partial charge in [0.15, 0.2) is 5.17 Å². The molecule has 124 valence electrons. The van der Waals surface area contributed by atoms with Gasteiger partial charge in [0.2, 0.25) is 11.8 Å². The second-order valence-corrected chi connectivity index (χ2v) is 5.83. The zero-order valence-corrected chi connectivity index (χ0v) is 13.3. The van der Waals surface area contributed by atoms with Crippen molar-refractivity contribution in [1.82, 2.24) is 4.90 Å². The summed E-state index contributed by atoms with van der Waals surface area (Å²) in [6, 6.07) is 5.55. The first-order valence-electron chi connectivity index (χ1n) is 6.66. The highest BCUT2D eigenvalue weighted by molar-refractivity contribution is 8.15. The molecule has 2 amide bonds. The van der Waals surface area contributed by atoms with E-state index < -0.39 is 11.9 Å². The number of hydrogen-bond donors (Lipinski definition) is 1. The van der Waals surface area contributed by atoms with E-state index in [1.54, 1.807) is 14.1 Å². The molecule has 1 aliphatic heterocycles. The summed E-state index contributed by atoms with van der Waals surface area (Å²) in [6.45, 7) is -2.90. The van der Waals surface area contributed by atoms with Crippen molar-refractivity contribution in [2.45, 2.75) is 18.3 Å². The van der Waals surface area contributed by atoms with E-state index in [0.717, 1.165) is 0 Å². The number of amidine groups is 1. The maximum Gasteiger partial charge on any atom is 0.387 e. The average Bonchev–Trinajstić information content (AvgIpc) is 2.76. The zero-order chi connectivity index (χ0) is 17.0. The van der Waals surface area contributed by atoms with E-state index in [9.17, 15) is 18.4 Å². The molecule has 1 atom stereocenters. The van der Waals surface area contributed by atoms with Gasteiger partial charge in [0.05, 0.1) is 0 Å². The molecular weight excluding hydrogens is 328 g/mol. The van der Waals surface area contributed by atoms with Crippen LogP contribution in [-0.2, 0) is 9.59 Å². The Morgan fingerprint density at radius 2 is 2.09 bits per heavy atom. The lowest BCUT2D eigenvalue weighted by atomic mass is 10.2. The highest BCUT2D eigenvalue weighted by Crippen LogP contribution is 2.28. The van der Waals surface area contributed by atoms with Crippen LogP contribution in [0.1, 0.15) is 6.42 Å². The summed E-state index contributed by atoms with van der Waals surface area (Å²) < 4.78 is 28.3. The van der Waals surface area contributed by atoms with E-state index in [2.05, 4.69) is 15.0 Å². The van der Waals surface area contributed by atoms with E-state index in [1.165, 1.54) is 40.9 Å². The number of aliphatic imine (C=N–C) groups is 1. The summed E-state index contributed by atoms with van der Waals surface area (Å²) in [4.78, 5) is 29.3. The van der Waals surface area contributed by atoms with Crippen LogP contribution in [0.3, 0.4) is 0 Å². The number of rotatable bonds is 5. The zero-order valence-electron chi connectivity index (χ0n) is 12.5. The number of nitrogens with one attached hydrogen (secondary N) is 1. The molecule has 0 aromatic heterocycles. The maximum absolute atomic E-state index is 12.0. The number of halogens is 2. The van der Waals surface area contributed by atoms with E-state index in [1.807, 2.05) is 0 Å². The molecule has 0 spiro atoms. The third kappa shape index (κ3) is 4.41. The summed E-state index contributed by atoms with van der Waals surface area (Å²) in [7, 11) is 3.19. The number of hydrogen-bond acceptors (Lipinski definition) is 5. The predicted octanol–water partition coefficient (Wildman–Crippen LogP) is 2.18. The van der Waals surface area contributed by atoms with Crippen molar-refractivity contribution >= 4 is 34.4 Å². The summed E-state index contributed by atoms with van der Waals surface area (Å²) in [5, 5.41) is 2.67. The first kappa shape index (κ1) is 17.2. The van der Waals surface area contributed by atoms with Crippen LogP contribution in [0.4, 0.5) is 14.5 Å². The number of anilines is 1. The van der Waals surface area contributed by atoms with Crippen molar-refractivity contribution in [3.63, 3.8) is 0 Å². The van der Waals surface area contributed by atoms with Gasteiger partial charge in [-0.1, -0.05) is 11.8 Å². The van der Waals surface area contributed by atoms with Crippen molar-refractivity contribution in [1.29, 1.82) is 0 Å². The van der Waals surface area contributed by atoms with Crippen LogP contribution in [0, 0.1) is 0 Å². The Morgan fingerprint density at radius 1 is 1.43 bits per heavy atom. The van der Waals surface area contributed by atoms with E-state index in [4.69, 9.17) is 0 Å². The minimum absolute atomic E-state index is 0.00213. The summed E-state index contributed by atoms with van der Waals surface area (Å²) in [6.07, 6.45) is 0.00213. The van der Waals surface area contributed by atoms with Gasteiger partial charge in [0, 0.05) is 26.2 Å². The van der Waals surface area contributed by atoms with Crippen molar-refractivity contribution in [3.8, 4) is 5.75 Å². The van der Waals surface area contributed by atoms with Crippen LogP contribution in [0.15, 0.2) is 29.3 Å². The monoisotopic (exact) mass is 343 g/mol. The Kier molecular flexibility index (Phi) is 5.54. The largest absolute Gasteiger partial charge is 0.435 e. The van der Waals surface area contributed by atoms with Crippen molar-refractivity contribution in [2.75, 3.05) is 19.4 Å². The third-order valence-electron chi connectivity index (χ3n) is 3.07. The Labute approximate surface area is 135 Å². The number of carbonyl (C=O) groups is 2. The lowest BCUT2D eigenvalue weighted by Crippen LogP contribution is -2.30. The van der Waals surface area contributed by atoms with Crippen LogP contribution in [0.25, 0.3) is 0 Å². The van der Waals surface area contributed by atoms with Crippen LogP contribution in [0.2, 0.25) is 0 Å². The fourth-order valence-electron chi connectivity index (χ4n) is 2.00. The molecule has 1 heterocycles. The van der Waals surface area contributed by atoms with E-state index in [0.29, 0.717) is 10.9 Å². The maximum atomic E-state index is 12.0. The van der Waals surface area contributed by atoms with Crippen LogP contribution in [0.5, 0.6) is 5.75 Å². The Balaban J connectivity index is 1.91. The Bertz CT molecular complexity index is 622. The molecule has 1 saturated heterocycles. The number of alkyl halides is 2. The van der Waals surface area contributed by atoms with Crippen LogP contribution >= 0.6 is 11.8 Å². The fourth-order valence-corrected chi connectivity index (χ4v) is 3.10. The highest BCUT2D eigenvalue weighted by atomic mass is 32.2. The number of thioether (sulfide) groups is 1. The first-order chi connectivity index (χ1) is 10.9. The molecule has 0 bridgehead atoms. The second-order valence-electron chi connectivity index (χ2n) is 4.67. The predicted molar refractivity (Wildman–Crippen MR) is 83.8 cm³/mol. The fraction of sp³-hybridized carbons (Fsp3) is 0.357. The summed E-state index contributed by atoms with van der Waals surface area (Å²) in [5.74, 6) is -0.513. The lowest BCUT2D eigenvalue weighted by molar-refractivity contribution is -0.127. The lowest BCUT2D eigenvalue weighted by Gasteiger charge is -2.10. The smallest absolute Gasteiger partial charge is 0.387 e. The molecule has 0 aliphatic carbocycles. The van der Waals surface area contributed by atoms with Gasteiger partial charge in [-0.3, -0.25) is 19.5 Å². The van der Waals surface area contributed by atoms with Gasteiger partial charge >= 0.3 is 6.61 Å². The molecule has 0 radical (unpaired) electrons. The topological polar surface area (TPSA) is 71.0 Å². The molecular formula is C14H15F2N3O3S. The van der Waals surface area contributed by atoms with Crippen LogP contribution in [-0.4, -0.2) is 47.8 Å². The van der Waals surface area contributed by atoms with Crippen molar-refractivity contribution < 1.29 is 23.1 Å². The van der Waals surface area contributed by atoms with E-state index >= 15 is 0 Å². The molecule has 0 unspecified atom stereocenters.